The molecule has 2 aromatic carbocycles. The lowest BCUT2D eigenvalue weighted by Crippen LogP contribution is -2.55. The highest BCUT2D eigenvalue weighted by Gasteiger charge is 2.29. The number of likely N-dealkylation sites (N-methyl/N-ethyl adjacent to an activating group) is 2. The predicted molar refractivity (Wildman–Crippen MR) is 214 cm³/mol. The first kappa shape index (κ1) is 44.3. The third-order valence-corrected chi connectivity index (χ3v) is 9.95. The van der Waals surface area contributed by atoms with Gasteiger partial charge in [0.15, 0.2) is 0 Å². The molecular weight excluding hydrogens is 686 g/mol. The van der Waals surface area contributed by atoms with Gasteiger partial charge in [0.2, 0.25) is 23.6 Å². The topological polar surface area (TPSA) is 197 Å². The van der Waals surface area contributed by atoms with Crippen LogP contribution in [0.4, 0.5) is 0 Å². The van der Waals surface area contributed by atoms with Gasteiger partial charge in [-0.2, -0.15) is 0 Å². The van der Waals surface area contributed by atoms with Crippen LogP contribution in [0, 0.1) is 0 Å². The maximum Gasteiger partial charge on any atom is 0.242 e. The Hall–Kier alpha value is -4.08. The van der Waals surface area contributed by atoms with Gasteiger partial charge >= 0.3 is 0 Å². The van der Waals surface area contributed by atoms with Crippen LogP contribution >= 0.6 is 0 Å². The molecule has 2 aromatic rings. The van der Waals surface area contributed by atoms with Crippen LogP contribution in [0.2, 0.25) is 0 Å². The average Bonchev–Trinajstić information content (AvgIpc) is 3.15. The summed E-state index contributed by atoms with van der Waals surface area (Å²) in [5.41, 5.74) is 3.31. The van der Waals surface area contributed by atoms with E-state index in [0.717, 1.165) is 49.0 Å². The summed E-state index contributed by atoms with van der Waals surface area (Å²) in [6.07, 6.45) is 5.00. The number of fused-ring (bicyclic) bond motifs is 5. The molecule has 1 heterocycles. The Morgan fingerprint density at radius 1 is 0.796 bits per heavy atom. The number of carbonyl (C=O) groups excluding carboxylic acids is 4. The zero-order valence-electron chi connectivity index (χ0n) is 32.9. The highest BCUT2D eigenvalue weighted by Crippen LogP contribution is 2.28. The van der Waals surface area contributed by atoms with Crippen molar-refractivity contribution in [2.24, 2.45) is 0 Å². The van der Waals surface area contributed by atoms with Gasteiger partial charge in [-0.1, -0.05) is 30.3 Å². The summed E-state index contributed by atoms with van der Waals surface area (Å²) in [6.45, 7) is 2.80. The van der Waals surface area contributed by atoms with Gasteiger partial charge in [0.25, 0.3) is 0 Å². The molecule has 0 aromatic heterocycles. The van der Waals surface area contributed by atoms with Crippen molar-refractivity contribution in [3.8, 4) is 16.9 Å². The molecule has 5 atom stereocenters. The van der Waals surface area contributed by atoms with Crippen molar-refractivity contribution < 1.29 is 24.3 Å². The molecule has 300 valence electrons. The lowest BCUT2D eigenvalue weighted by atomic mass is 9.95. The van der Waals surface area contributed by atoms with Crippen LogP contribution in [0.1, 0.15) is 62.5 Å². The lowest BCUT2D eigenvalue weighted by Gasteiger charge is -2.26. The van der Waals surface area contributed by atoms with Crippen LogP contribution in [0.5, 0.6) is 5.75 Å². The number of hydrogen-bond acceptors (Lipinski definition) is 10. The summed E-state index contributed by atoms with van der Waals surface area (Å²) in [6, 6.07) is 10.9. The van der Waals surface area contributed by atoms with Crippen LogP contribution in [-0.4, -0.2) is 120 Å². The molecule has 0 radical (unpaired) electrons. The highest BCUT2D eigenvalue weighted by molar-refractivity contribution is 5.90. The van der Waals surface area contributed by atoms with Crippen molar-refractivity contribution in [1.82, 2.24) is 47.9 Å². The summed E-state index contributed by atoms with van der Waals surface area (Å²) < 4.78 is 0. The quantitative estimate of drug-likeness (QED) is 0.0811. The van der Waals surface area contributed by atoms with E-state index >= 15 is 0 Å². The van der Waals surface area contributed by atoms with Crippen molar-refractivity contribution in [3.63, 3.8) is 0 Å². The van der Waals surface area contributed by atoms with Gasteiger partial charge in [0.05, 0.1) is 6.04 Å². The molecule has 0 spiro atoms. The van der Waals surface area contributed by atoms with Crippen LogP contribution < -0.4 is 47.9 Å². The molecule has 54 heavy (non-hydrogen) atoms. The van der Waals surface area contributed by atoms with Gasteiger partial charge < -0.3 is 53.0 Å². The Bertz CT molecular complexity index is 1480. The second kappa shape index (κ2) is 24.4. The first-order chi connectivity index (χ1) is 26.1. The second-order valence-electron chi connectivity index (χ2n) is 14.3. The largest absolute Gasteiger partial charge is 0.508 e. The van der Waals surface area contributed by atoms with Gasteiger partial charge in [-0.25, -0.2) is 0 Å². The molecule has 1 aliphatic rings. The highest BCUT2D eigenvalue weighted by atomic mass is 16.3. The van der Waals surface area contributed by atoms with Gasteiger partial charge in [-0.3, -0.25) is 19.2 Å². The SMILES string of the molecule is CNCCC[C@@H](CNC(=O)C[C@H](CCCNC)NC(=O)C[C@@H]1Cc2cccc(c2)-c2ccc(O)c(c2)C[C@H](NC)C(=O)N[C@@H](CCCNC)C(=O)N1)NC. The summed E-state index contributed by atoms with van der Waals surface area (Å²) in [4.78, 5) is 54.5. The molecule has 0 fully saturated rings. The van der Waals surface area contributed by atoms with E-state index in [-0.39, 0.29) is 60.7 Å². The summed E-state index contributed by atoms with van der Waals surface area (Å²) >= 11 is 0. The molecule has 3 rings (SSSR count). The number of carbonyl (C=O) groups is 4. The van der Waals surface area contributed by atoms with Crippen LogP contribution in [-0.2, 0) is 32.0 Å². The van der Waals surface area contributed by atoms with Crippen molar-refractivity contribution in [2.75, 3.05) is 61.4 Å². The number of hydrogen-bond donors (Lipinski definition) is 10. The predicted octanol–water partition coefficient (Wildman–Crippen LogP) is 0.683. The molecule has 10 N–H and O–H groups in total. The molecule has 1 aliphatic heterocycles. The Kier molecular flexibility index (Phi) is 20.0. The Balaban J connectivity index is 1.86. The van der Waals surface area contributed by atoms with Crippen LogP contribution in [0.15, 0.2) is 42.5 Å². The number of nitrogens with one attached hydrogen (secondary N) is 9. The normalized spacial score (nSPS) is 18.7. The molecule has 14 heteroatoms. The van der Waals surface area contributed by atoms with E-state index in [0.29, 0.717) is 44.3 Å². The minimum atomic E-state index is -0.846. The van der Waals surface area contributed by atoms with Gasteiger partial charge in [-0.05, 0) is 134 Å². The number of rotatable bonds is 21. The standard InChI is InChI=1S/C40H65N9O5/c1-41-17-7-12-31(24-37(51)46-26-32(44-4)13-8-18-42-2)47-38(52)25-33-21-27-10-6-11-28(20-27)29-15-16-36(50)30(22-29)23-35(45-5)40(54)49-34(39(53)48-33)14-9-19-43-3/h6,10-11,15-16,20,22,31-35,41-45,50H,7-9,12-14,17-19,21,23-26H2,1-5H3,(H,46,51)(H,47,52)(H,48,53)(H,49,54)/t31-,32-,33-,34-,35-/m0/s1. The van der Waals surface area contributed by atoms with E-state index < -0.39 is 18.1 Å². The Morgan fingerprint density at radius 3 is 2.17 bits per heavy atom. The first-order valence-corrected chi connectivity index (χ1v) is 19.5. The maximum atomic E-state index is 14.0. The number of benzene rings is 2. The molecule has 0 saturated carbocycles. The molecule has 0 aliphatic carbocycles. The molecular formula is C40H65N9O5. The summed E-state index contributed by atoms with van der Waals surface area (Å²) in [7, 11) is 9.18. The molecule has 0 saturated heterocycles. The van der Waals surface area contributed by atoms with Crippen LogP contribution in [0.3, 0.4) is 0 Å². The summed E-state index contributed by atoms with van der Waals surface area (Å²) in [5, 5.41) is 38.6. The molecule has 4 amide bonds. The zero-order valence-corrected chi connectivity index (χ0v) is 32.9. The van der Waals surface area contributed by atoms with E-state index in [1.54, 1.807) is 13.1 Å². The van der Waals surface area contributed by atoms with Gasteiger partial charge in [-0.15, -0.1) is 0 Å². The van der Waals surface area contributed by atoms with Crippen LogP contribution in [0.25, 0.3) is 11.1 Å². The van der Waals surface area contributed by atoms with Crippen molar-refractivity contribution in [2.45, 2.75) is 94.4 Å². The first-order valence-electron chi connectivity index (χ1n) is 19.5. The fourth-order valence-electron chi connectivity index (χ4n) is 6.80. The molecule has 14 nitrogen and oxygen atoms in total. The fourth-order valence-corrected chi connectivity index (χ4v) is 6.80. The van der Waals surface area contributed by atoms with E-state index in [2.05, 4.69) is 47.9 Å². The minimum Gasteiger partial charge on any atom is -0.508 e. The Labute approximate surface area is 321 Å². The third kappa shape index (κ3) is 15.3. The van der Waals surface area contributed by atoms with E-state index in [1.807, 2.05) is 64.6 Å². The van der Waals surface area contributed by atoms with Gasteiger partial charge in [0.1, 0.15) is 11.8 Å². The van der Waals surface area contributed by atoms with E-state index in [1.165, 1.54) is 0 Å². The number of aromatic hydroxyl groups is 1. The minimum absolute atomic E-state index is 0.0207. The average molecular weight is 752 g/mol. The van der Waals surface area contributed by atoms with Crippen molar-refractivity contribution in [1.29, 1.82) is 0 Å². The zero-order chi connectivity index (χ0) is 39.3. The fraction of sp³-hybridized carbons (Fsp3) is 0.600. The lowest BCUT2D eigenvalue weighted by molar-refractivity contribution is -0.131. The van der Waals surface area contributed by atoms with Crippen molar-refractivity contribution in [3.05, 3.63) is 53.6 Å². The molecule has 4 bridgehead atoms. The van der Waals surface area contributed by atoms with Crippen molar-refractivity contribution >= 4 is 23.6 Å². The van der Waals surface area contributed by atoms with E-state index in [4.69, 9.17) is 0 Å². The maximum absolute atomic E-state index is 14.0. The second-order valence-corrected chi connectivity index (χ2v) is 14.3. The molecule has 0 unspecified atom stereocenters. The smallest absolute Gasteiger partial charge is 0.242 e. The number of phenolic OH excluding ortho intramolecular Hbond substituents is 1. The Morgan fingerprint density at radius 2 is 1.48 bits per heavy atom. The number of phenols is 1. The monoisotopic (exact) mass is 752 g/mol. The van der Waals surface area contributed by atoms with E-state index in [9.17, 15) is 24.3 Å². The third-order valence-electron chi connectivity index (χ3n) is 9.95. The summed E-state index contributed by atoms with van der Waals surface area (Å²) in [5.74, 6) is -1.05. The van der Waals surface area contributed by atoms with Gasteiger partial charge in [0, 0.05) is 43.9 Å². The number of amides is 4.